The summed E-state index contributed by atoms with van der Waals surface area (Å²) in [6.45, 7) is 4.85. The SMILES string of the molecule is CN[C@@H]1[C@@H](O)[C@@H](O[C@@H]2[C@@H](O)[C@H](O[C@H]3O[C@H](C(C)CC(=O)C(Cc4cnc[nH]4)NC(=O)C(C)N)CC[C@H]3N)[C@@H](N)C[C@H]2N)OC[C@]1(C)O. The minimum atomic E-state index is -1.35. The number of aromatic nitrogens is 2. The molecule has 14 N–H and O–H groups in total. The molecule has 1 aliphatic carbocycles. The molecule has 15 atom stereocenters. The number of carbonyl (C=O) groups excluding carboxylic acids is 2. The van der Waals surface area contributed by atoms with Crippen molar-refractivity contribution >= 4 is 11.7 Å². The van der Waals surface area contributed by atoms with Crippen LogP contribution in [0.3, 0.4) is 0 Å². The van der Waals surface area contributed by atoms with Gasteiger partial charge in [0.2, 0.25) is 5.91 Å². The van der Waals surface area contributed by atoms with Gasteiger partial charge in [-0.3, -0.25) is 9.59 Å². The topological polar surface area (TPSA) is 289 Å². The highest BCUT2D eigenvalue weighted by Crippen LogP contribution is 2.33. The van der Waals surface area contributed by atoms with Gasteiger partial charge in [-0.1, -0.05) is 6.92 Å². The normalized spacial score (nSPS) is 39.9. The molecule has 17 heteroatoms. The number of aliphatic hydroxyl groups is 3. The van der Waals surface area contributed by atoms with Crippen molar-refractivity contribution in [1.29, 1.82) is 0 Å². The molecule has 0 spiro atoms. The van der Waals surface area contributed by atoms with Crippen LogP contribution in [0.25, 0.3) is 0 Å². The van der Waals surface area contributed by atoms with Crippen molar-refractivity contribution in [1.82, 2.24) is 20.6 Å². The zero-order chi connectivity index (χ0) is 34.6. The molecule has 1 saturated carbocycles. The number of nitrogens with two attached hydrogens (primary N) is 4. The fourth-order valence-electron chi connectivity index (χ4n) is 6.66. The number of nitrogens with one attached hydrogen (secondary N) is 3. The highest BCUT2D eigenvalue weighted by molar-refractivity contribution is 5.91. The third kappa shape index (κ3) is 9.11. The Hall–Kier alpha value is -2.13. The van der Waals surface area contributed by atoms with E-state index in [-0.39, 0.29) is 37.6 Å². The first-order valence-corrected chi connectivity index (χ1v) is 16.3. The van der Waals surface area contributed by atoms with Crippen molar-refractivity contribution in [3.8, 4) is 0 Å². The molecule has 268 valence electrons. The molecule has 47 heavy (non-hydrogen) atoms. The third-order valence-electron chi connectivity index (χ3n) is 9.48. The average molecular weight is 671 g/mol. The molecular weight excluding hydrogens is 616 g/mol. The molecule has 3 heterocycles. The highest BCUT2D eigenvalue weighted by Gasteiger charge is 2.51. The van der Waals surface area contributed by atoms with E-state index in [0.29, 0.717) is 18.5 Å². The van der Waals surface area contributed by atoms with Crippen molar-refractivity contribution < 1.29 is 43.9 Å². The smallest absolute Gasteiger partial charge is 0.237 e. The second-order valence-corrected chi connectivity index (χ2v) is 13.6. The van der Waals surface area contributed by atoms with E-state index < -0.39 is 90.9 Å². The lowest BCUT2D eigenvalue weighted by atomic mass is 9.84. The molecule has 1 aromatic rings. The Kier molecular flexibility index (Phi) is 12.9. The summed E-state index contributed by atoms with van der Waals surface area (Å²) in [5.74, 6) is -0.897. The number of ketones is 1. The number of aliphatic hydroxyl groups excluding tert-OH is 2. The van der Waals surface area contributed by atoms with Crippen LogP contribution in [0, 0.1) is 5.92 Å². The van der Waals surface area contributed by atoms with Gasteiger partial charge in [0, 0.05) is 36.8 Å². The van der Waals surface area contributed by atoms with Crippen LogP contribution in [0.4, 0.5) is 0 Å². The van der Waals surface area contributed by atoms with Crippen molar-refractivity contribution in [2.75, 3.05) is 13.7 Å². The van der Waals surface area contributed by atoms with Gasteiger partial charge in [0.25, 0.3) is 0 Å². The third-order valence-corrected chi connectivity index (χ3v) is 9.48. The summed E-state index contributed by atoms with van der Waals surface area (Å²) in [7, 11) is 1.60. The number of imidazole rings is 1. The Morgan fingerprint density at radius 3 is 2.36 bits per heavy atom. The molecule has 3 aliphatic rings. The highest BCUT2D eigenvalue weighted by atomic mass is 16.7. The molecule has 17 nitrogen and oxygen atoms in total. The molecule has 0 radical (unpaired) electrons. The Bertz CT molecular complexity index is 1160. The van der Waals surface area contributed by atoms with Crippen molar-refractivity contribution in [3.63, 3.8) is 0 Å². The first-order chi connectivity index (χ1) is 22.1. The zero-order valence-corrected chi connectivity index (χ0v) is 27.5. The summed E-state index contributed by atoms with van der Waals surface area (Å²) in [5.41, 5.74) is 24.2. The molecule has 0 bridgehead atoms. The number of hydrogen-bond donors (Lipinski definition) is 10. The molecule has 2 aliphatic heterocycles. The van der Waals surface area contributed by atoms with E-state index in [1.54, 1.807) is 20.2 Å². The van der Waals surface area contributed by atoms with Gasteiger partial charge in [0.1, 0.15) is 30.0 Å². The molecule has 2 saturated heterocycles. The van der Waals surface area contributed by atoms with Gasteiger partial charge in [0.05, 0.1) is 43.2 Å². The van der Waals surface area contributed by atoms with E-state index in [9.17, 15) is 24.9 Å². The molecule has 0 aromatic carbocycles. The lowest BCUT2D eigenvalue weighted by Gasteiger charge is -2.48. The fraction of sp³-hybridized carbons (Fsp3) is 0.833. The van der Waals surface area contributed by atoms with Crippen molar-refractivity contribution in [2.24, 2.45) is 28.9 Å². The number of carbonyl (C=O) groups is 2. The minimum Gasteiger partial charge on any atom is -0.388 e. The maximum Gasteiger partial charge on any atom is 0.237 e. The largest absolute Gasteiger partial charge is 0.388 e. The predicted molar refractivity (Wildman–Crippen MR) is 168 cm³/mol. The van der Waals surface area contributed by atoms with Crippen LogP contribution in [-0.2, 0) is 35.0 Å². The summed E-state index contributed by atoms with van der Waals surface area (Å²) < 4.78 is 24.1. The lowest BCUT2D eigenvalue weighted by Crippen LogP contribution is -2.68. The molecule has 3 fully saturated rings. The predicted octanol–water partition coefficient (Wildman–Crippen LogP) is -3.54. The Morgan fingerprint density at radius 1 is 1.11 bits per heavy atom. The zero-order valence-electron chi connectivity index (χ0n) is 27.5. The number of ether oxygens (including phenoxy) is 4. The van der Waals surface area contributed by atoms with E-state index in [4.69, 9.17) is 41.9 Å². The second kappa shape index (κ2) is 16.1. The van der Waals surface area contributed by atoms with Gasteiger partial charge < -0.3 is 72.8 Å². The molecule has 3 unspecified atom stereocenters. The number of hydrogen-bond acceptors (Lipinski definition) is 15. The number of rotatable bonds is 13. The van der Waals surface area contributed by atoms with E-state index in [0.717, 1.165) is 0 Å². The van der Waals surface area contributed by atoms with Gasteiger partial charge in [-0.15, -0.1) is 0 Å². The van der Waals surface area contributed by atoms with E-state index in [1.165, 1.54) is 13.3 Å². The van der Waals surface area contributed by atoms with Crippen LogP contribution in [0.1, 0.15) is 52.1 Å². The van der Waals surface area contributed by atoms with Crippen LogP contribution in [-0.4, -0.2) is 136 Å². The monoisotopic (exact) mass is 670 g/mol. The minimum absolute atomic E-state index is 0.102. The van der Waals surface area contributed by atoms with E-state index in [2.05, 4.69) is 20.6 Å². The summed E-state index contributed by atoms with van der Waals surface area (Å²) in [4.78, 5) is 32.8. The van der Waals surface area contributed by atoms with Gasteiger partial charge in [-0.25, -0.2) is 4.98 Å². The summed E-state index contributed by atoms with van der Waals surface area (Å²) in [6.07, 6.45) is -2.40. The number of amides is 1. The number of H-pyrrole nitrogens is 1. The van der Waals surface area contributed by atoms with Gasteiger partial charge >= 0.3 is 0 Å². The first-order valence-electron chi connectivity index (χ1n) is 16.3. The Morgan fingerprint density at radius 2 is 1.77 bits per heavy atom. The summed E-state index contributed by atoms with van der Waals surface area (Å²) >= 11 is 0. The second-order valence-electron chi connectivity index (χ2n) is 13.6. The van der Waals surface area contributed by atoms with Crippen LogP contribution in [0.2, 0.25) is 0 Å². The van der Waals surface area contributed by atoms with Crippen LogP contribution in [0.15, 0.2) is 12.5 Å². The summed E-state index contributed by atoms with van der Waals surface area (Å²) in [5, 5.41) is 38.4. The number of Topliss-reactive ketones (excluding diaryl/α,β-unsaturated/α-hetero) is 1. The van der Waals surface area contributed by atoms with Crippen LogP contribution < -0.4 is 33.6 Å². The molecule has 1 amide bonds. The number of nitrogens with zero attached hydrogens (tertiary/aromatic N) is 1. The Balaban J connectivity index is 1.39. The maximum atomic E-state index is 13.4. The van der Waals surface area contributed by atoms with E-state index >= 15 is 0 Å². The lowest BCUT2D eigenvalue weighted by molar-refractivity contribution is -0.307. The standard InChI is InChI=1S/C30H54N8O9/c1-13(7-20(39)19(38-27(42)14(2)31)8-15-10-36-12-37-15)21-6-5-16(32)28(45-21)46-24-17(33)9-18(34)25(22(24)40)47-29-23(41)26(35-4)30(3,43)11-44-29/h10,12-14,16-19,21-26,28-29,35,40-41,43H,5-9,11,31-34H2,1-4H3,(H,36,37)(H,38,42)/t13?,14?,16-,17+,18-,19?,21+,22+,23-,24-,25+,26-,28-,29-,30+/m1/s1. The molecular formula is C30H54N8O9. The quantitative estimate of drug-likeness (QED) is 0.0972. The molecule has 4 rings (SSSR count). The van der Waals surface area contributed by atoms with Gasteiger partial charge in [-0.2, -0.15) is 0 Å². The van der Waals surface area contributed by atoms with E-state index in [1.807, 2.05) is 6.92 Å². The number of likely N-dealkylation sites (N-methyl/N-ethyl adjacent to an activating group) is 1. The van der Waals surface area contributed by atoms with Crippen LogP contribution in [0.5, 0.6) is 0 Å². The van der Waals surface area contributed by atoms with Gasteiger partial charge in [-0.05, 0) is 46.1 Å². The average Bonchev–Trinajstić information content (AvgIpc) is 3.52. The number of aromatic amines is 1. The van der Waals surface area contributed by atoms with Crippen molar-refractivity contribution in [3.05, 3.63) is 18.2 Å². The fourth-order valence-corrected chi connectivity index (χ4v) is 6.66. The van der Waals surface area contributed by atoms with Crippen molar-refractivity contribution in [2.45, 2.75) is 138 Å². The first kappa shape index (κ1) is 37.7. The summed E-state index contributed by atoms with van der Waals surface area (Å²) in [6, 6.07) is -4.28. The van der Waals surface area contributed by atoms with Gasteiger partial charge in [0.15, 0.2) is 18.4 Å². The maximum absolute atomic E-state index is 13.4. The molecule has 1 aromatic heterocycles. The Labute approximate surface area is 274 Å². The van der Waals surface area contributed by atoms with Crippen LogP contribution >= 0.6 is 0 Å².